The topological polar surface area (TPSA) is 56.8 Å². The zero-order chi connectivity index (χ0) is 19.6. The van der Waals surface area contributed by atoms with Crippen molar-refractivity contribution < 1.29 is 19.0 Å². The van der Waals surface area contributed by atoms with Crippen LogP contribution in [-0.2, 0) is 4.79 Å². The predicted octanol–water partition coefficient (Wildman–Crippen LogP) is 4.82. The third-order valence-corrected chi connectivity index (χ3v) is 3.92. The number of benzene rings is 3. The van der Waals surface area contributed by atoms with Crippen LogP contribution in [0.15, 0.2) is 78.9 Å². The molecule has 0 saturated heterocycles. The van der Waals surface area contributed by atoms with E-state index in [2.05, 4.69) is 5.32 Å². The molecule has 0 aliphatic rings. The van der Waals surface area contributed by atoms with Gasteiger partial charge in [-0.2, -0.15) is 0 Å². The fourth-order valence-electron chi connectivity index (χ4n) is 2.38. The zero-order valence-electron chi connectivity index (χ0n) is 15.1. The van der Waals surface area contributed by atoms with Gasteiger partial charge in [0.1, 0.15) is 30.5 Å². The summed E-state index contributed by atoms with van der Waals surface area (Å²) in [5, 5.41) is 3.39. The van der Waals surface area contributed by atoms with Crippen molar-refractivity contribution in [1.29, 1.82) is 0 Å². The number of hydrogen-bond acceptors (Lipinski definition) is 4. The van der Waals surface area contributed by atoms with E-state index in [0.29, 0.717) is 35.4 Å². The molecular weight excluding hydrogens is 378 g/mol. The van der Waals surface area contributed by atoms with Gasteiger partial charge in [0.2, 0.25) is 0 Å². The predicted molar refractivity (Wildman–Crippen MR) is 109 cm³/mol. The van der Waals surface area contributed by atoms with Gasteiger partial charge < -0.3 is 19.5 Å². The lowest BCUT2D eigenvalue weighted by Gasteiger charge is -2.11. The molecule has 0 radical (unpaired) electrons. The summed E-state index contributed by atoms with van der Waals surface area (Å²) in [5.74, 6) is 1.76. The summed E-state index contributed by atoms with van der Waals surface area (Å²) < 4.78 is 16.7. The number of carbonyl (C=O) groups excluding carboxylic acids is 1. The average Bonchev–Trinajstić information content (AvgIpc) is 2.72. The summed E-state index contributed by atoms with van der Waals surface area (Å²) in [6.45, 7) is 0.721. The van der Waals surface area contributed by atoms with Crippen LogP contribution in [0.1, 0.15) is 0 Å². The number of anilines is 1. The van der Waals surface area contributed by atoms with Crippen LogP contribution in [0.4, 0.5) is 5.69 Å². The van der Waals surface area contributed by atoms with Crippen LogP contribution in [0.25, 0.3) is 0 Å². The van der Waals surface area contributed by atoms with Gasteiger partial charge in [-0.1, -0.05) is 35.9 Å². The molecule has 144 valence electrons. The third kappa shape index (κ3) is 6.52. The highest BCUT2D eigenvalue weighted by Crippen LogP contribution is 2.18. The van der Waals surface area contributed by atoms with Crippen LogP contribution in [-0.4, -0.2) is 25.7 Å². The van der Waals surface area contributed by atoms with E-state index in [1.807, 2.05) is 42.5 Å². The molecule has 0 aromatic heterocycles. The van der Waals surface area contributed by atoms with E-state index >= 15 is 0 Å². The number of ether oxygens (including phenoxy) is 3. The van der Waals surface area contributed by atoms with Crippen molar-refractivity contribution in [2.75, 3.05) is 25.1 Å². The maximum absolute atomic E-state index is 12.1. The molecule has 0 saturated carbocycles. The monoisotopic (exact) mass is 397 g/mol. The summed E-state index contributed by atoms with van der Waals surface area (Å²) >= 11 is 5.82. The quantitative estimate of drug-likeness (QED) is 0.526. The van der Waals surface area contributed by atoms with E-state index < -0.39 is 0 Å². The van der Waals surface area contributed by atoms with E-state index in [9.17, 15) is 4.79 Å². The lowest BCUT2D eigenvalue weighted by Crippen LogP contribution is -2.20. The van der Waals surface area contributed by atoms with E-state index in [-0.39, 0.29) is 12.5 Å². The lowest BCUT2D eigenvalue weighted by molar-refractivity contribution is -0.118. The van der Waals surface area contributed by atoms with Crippen molar-refractivity contribution in [2.24, 2.45) is 0 Å². The van der Waals surface area contributed by atoms with Gasteiger partial charge in [0.25, 0.3) is 5.91 Å². The Hall–Kier alpha value is -3.18. The Kier molecular flexibility index (Phi) is 7.15. The van der Waals surface area contributed by atoms with Gasteiger partial charge in [-0.25, -0.2) is 0 Å². The zero-order valence-corrected chi connectivity index (χ0v) is 15.9. The Bertz CT molecular complexity index is 885. The molecule has 28 heavy (non-hydrogen) atoms. The van der Waals surface area contributed by atoms with Gasteiger partial charge in [-0.3, -0.25) is 4.79 Å². The van der Waals surface area contributed by atoms with Gasteiger partial charge in [0.15, 0.2) is 6.61 Å². The molecule has 6 heteroatoms. The van der Waals surface area contributed by atoms with E-state index in [4.69, 9.17) is 25.8 Å². The first-order chi connectivity index (χ1) is 13.7. The SMILES string of the molecule is O=C(COc1ccc(Cl)cc1)Nc1cccc(OCCOc2ccccc2)c1. The van der Waals surface area contributed by atoms with E-state index in [0.717, 1.165) is 5.75 Å². The average molecular weight is 398 g/mol. The lowest BCUT2D eigenvalue weighted by atomic mass is 10.3. The number of halogens is 1. The molecule has 0 aliphatic heterocycles. The van der Waals surface area contributed by atoms with Crippen LogP contribution in [0.5, 0.6) is 17.2 Å². The first kappa shape index (κ1) is 19.6. The summed E-state index contributed by atoms with van der Waals surface area (Å²) in [5.41, 5.74) is 0.631. The molecule has 0 atom stereocenters. The molecular formula is C22H20ClNO4. The van der Waals surface area contributed by atoms with Gasteiger partial charge in [0, 0.05) is 16.8 Å². The number of carbonyl (C=O) groups is 1. The first-order valence-corrected chi connectivity index (χ1v) is 9.16. The normalized spacial score (nSPS) is 10.2. The van der Waals surface area contributed by atoms with Gasteiger partial charge in [0.05, 0.1) is 0 Å². The summed E-state index contributed by atoms with van der Waals surface area (Å²) in [6.07, 6.45) is 0. The summed E-state index contributed by atoms with van der Waals surface area (Å²) in [7, 11) is 0. The molecule has 1 amide bonds. The van der Waals surface area contributed by atoms with Gasteiger partial charge >= 0.3 is 0 Å². The number of para-hydroxylation sites is 1. The van der Waals surface area contributed by atoms with Crippen LogP contribution in [0.2, 0.25) is 5.02 Å². The van der Waals surface area contributed by atoms with Crippen molar-refractivity contribution in [1.82, 2.24) is 0 Å². The molecule has 3 rings (SSSR count). The number of amides is 1. The molecule has 0 unspecified atom stereocenters. The van der Waals surface area contributed by atoms with Crippen molar-refractivity contribution in [3.63, 3.8) is 0 Å². The molecule has 0 heterocycles. The molecule has 3 aromatic rings. The Morgan fingerprint density at radius 3 is 2.14 bits per heavy atom. The van der Waals surface area contributed by atoms with Crippen molar-refractivity contribution in [2.45, 2.75) is 0 Å². The van der Waals surface area contributed by atoms with Crippen molar-refractivity contribution in [3.05, 3.63) is 83.9 Å². The molecule has 0 aliphatic carbocycles. The van der Waals surface area contributed by atoms with Crippen molar-refractivity contribution >= 4 is 23.2 Å². The summed E-state index contributed by atoms with van der Waals surface area (Å²) in [4.78, 5) is 12.1. The van der Waals surface area contributed by atoms with Crippen LogP contribution in [0, 0.1) is 0 Å². The highest BCUT2D eigenvalue weighted by molar-refractivity contribution is 6.30. The Labute approximate surface area is 168 Å². The maximum Gasteiger partial charge on any atom is 0.262 e. The smallest absolute Gasteiger partial charge is 0.262 e. The van der Waals surface area contributed by atoms with E-state index in [1.54, 1.807) is 36.4 Å². The third-order valence-electron chi connectivity index (χ3n) is 3.67. The van der Waals surface area contributed by atoms with E-state index in [1.165, 1.54) is 0 Å². The minimum Gasteiger partial charge on any atom is -0.490 e. The molecule has 0 spiro atoms. The molecule has 3 aromatic carbocycles. The standard InChI is InChI=1S/C22H20ClNO4/c23-17-9-11-20(12-10-17)28-16-22(25)24-18-5-4-8-21(15-18)27-14-13-26-19-6-2-1-3-7-19/h1-12,15H,13-14,16H2,(H,24,25). The molecule has 0 fully saturated rings. The number of hydrogen-bond donors (Lipinski definition) is 1. The van der Waals surface area contributed by atoms with Crippen LogP contribution >= 0.6 is 11.6 Å². The van der Waals surface area contributed by atoms with Gasteiger partial charge in [-0.05, 0) is 48.5 Å². The second-order valence-electron chi connectivity index (χ2n) is 5.83. The highest BCUT2D eigenvalue weighted by atomic mass is 35.5. The first-order valence-electron chi connectivity index (χ1n) is 8.78. The Morgan fingerprint density at radius 1 is 0.750 bits per heavy atom. The number of nitrogens with one attached hydrogen (secondary N) is 1. The minimum absolute atomic E-state index is 0.0996. The molecule has 5 nitrogen and oxygen atoms in total. The molecule has 0 bridgehead atoms. The van der Waals surface area contributed by atoms with Crippen molar-refractivity contribution in [3.8, 4) is 17.2 Å². The largest absolute Gasteiger partial charge is 0.490 e. The molecule has 1 N–H and O–H groups in total. The maximum atomic E-state index is 12.1. The minimum atomic E-state index is -0.264. The highest BCUT2D eigenvalue weighted by Gasteiger charge is 2.05. The Morgan fingerprint density at radius 2 is 1.39 bits per heavy atom. The number of rotatable bonds is 9. The van der Waals surface area contributed by atoms with Crippen LogP contribution in [0.3, 0.4) is 0 Å². The second-order valence-corrected chi connectivity index (χ2v) is 6.27. The fraction of sp³-hybridized carbons (Fsp3) is 0.136. The van der Waals surface area contributed by atoms with Crippen LogP contribution < -0.4 is 19.5 Å². The fourth-order valence-corrected chi connectivity index (χ4v) is 2.50. The Balaban J connectivity index is 1.42. The summed E-state index contributed by atoms with van der Waals surface area (Å²) in [6, 6.07) is 23.5. The van der Waals surface area contributed by atoms with Gasteiger partial charge in [-0.15, -0.1) is 0 Å². The second kappa shape index (κ2) is 10.2.